The second-order valence-electron chi connectivity index (χ2n) is 5.86. The van der Waals surface area contributed by atoms with Gasteiger partial charge in [-0.2, -0.15) is 0 Å². The van der Waals surface area contributed by atoms with Crippen LogP contribution in [-0.2, 0) is 4.79 Å². The Balaban J connectivity index is 2.98. The maximum atomic E-state index is 10.3. The molecule has 0 radical (unpaired) electrons. The van der Waals surface area contributed by atoms with Crippen molar-refractivity contribution in [2.45, 2.75) is 0 Å². The molecule has 0 aromatic rings. The van der Waals surface area contributed by atoms with Crippen molar-refractivity contribution in [3.05, 3.63) is 0 Å². The van der Waals surface area contributed by atoms with Gasteiger partial charge in [0.15, 0.2) is 0 Å². The molecule has 0 aromatic carbocycles. The largest absolute Gasteiger partial charge is 0.480 e. The van der Waals surface area contributed by atoms with Crippen LogP contribution < -0.4 is 43.0 Å². The van der Waals surface area contributed by atoms with Crippen molar-refractivity contribution in [1.29, 1.82) is 0 Å². The summed E-state index contributed by atoms with van der Waals surface area (Å²) < 4.78 is 0. The molecule has 0 heterocycles. The lowest BCUT2D eigenvalue weighted by Gasteiger charge is -2.09. The number of carboxylic acids is 1. The van der Waals surface area contributed by atoms with Gasteiger partial charge in [-0.15, -0.1) is 0 Å². The molecule has 156 valence electrons. The van der Waals surface area contributed by atoms with Crippen molar-refractivity contribution in [1.82, 2.24) is 37.2 Å². The van der Waals surface area contributed by atoms with Gasteiger partial charge in [0.1, 0.15) is 0 Å². The second kappa shape index (κ2) is 22.2. The van der Waals surface area contributed by atoms with Gasteiger partial charge in [0, 0.05) is 91.6 Å². The van der Waals surface area contributed by atoms with Gasteiger partial charge in [-0.05, 0) is 0 Å². The molecule has 0 aliphatic carbocycles. The minimum atomic E-state index is -0.822. The molecule has 10 nitrogen and oxygen atoms in total. The van der Waals surface area contributed by atoms with Gasteiger partial charge in [-0.1, -0.05) is 0 Å². The van der Waals surface area contributed by atoms with Crippen LogP contribution in [0.1, 0.15) is 0 Å². The molecule has 10 heteroatoms. The van der Waals surface area contributed by atoms with Crippen molar-refractivity contribution in [2.75, 3.05) is 98.2 Å². The van der Waals surface area contributed by atoms with Crippen LogP contribution in [0.4, 0.5) is 0 Å². The third kappa shape index (κ3) is 23.1. The summed E-state index contributed by atoms with van der Waals surface area (Å²) in [7, 11) is 0. The molecular weight excluding hydrogens is 336 g/mol. The number of aliphatic carboxylic acids is 1. The number of nitrogens with one attached hydrogen (secondary N) is 7. The van der Waals surface area contributed by atoms with E-state index < -0.39 is 5.97 Å². The zero-order valence-electron chi connectivity index (χ0n) is 16.0. The maximum absolute atomic E-state index is 10.3. The average molecular weight is 377 g/mol. The van der Waals surface area contributed by atoms with E-state index in [1.807, 2.05) is 0 Å². The predicted molar refractivity (Wildman–Crippen MR) is 107 cm³/mol. The number of carboxylic acid groups (broad SMARTS) is 1. The van der Waals surface area contributed by atoms with Gasteiger partial charge in [0.05, 0.1) is 6.54 Å². The fraction of sp³-hybridized carbons (Fsp3) is 0.938. The molecule has 10 N–H and O–H groups in total. The Morgan fingerprint density at radius 3 is 1.08 bits per heavy atom. The van der Waals surface area contributed by atoms with E-state index in [9.17, 15) is 4.79 Å². The minimum absolute atomic E-state index is 0.0175. The normalized spacial score (nSPS) is 11.1. The number of rotatable bonds is 22. The van der Waals surface area contributed by atoms with E-state index in [1.165, 1.54) is 0 Å². The predicted octanol–water partition coefficient (Wildman–Crippen LogP) is -3.84. The van der Waals surface area contributed by atoms with E-state index in [0.29, 0.717) is 13.1 Å². The smallest absolute Gasteiger partial charge is 0.317 e. The Kier molecular flexibility index (Phi) is 21.5. The van der Waals surface area contributed by atoms with E-state index >= 15 is 0 Å². The Bertz CT molecular complexity index is 297. The molecule has 0 saturated heterocycles. The first kappa shape index (κ1) is 25.1. The third-order valence-corrected chi connectivity index (χ3v) is 3.47. The lowest BCUT2D eigenvalue weighted by molar-refractivity contribution is -0.135. The Labute approximate surface area is 157 Å². The van der Waals surface area contributed by atoms with Crippen molar-refractivity contribution in [2.24, 2.45) is 5.73 Å². The highest BCUT2D eigenvalue weighted by Crippen LogP contribution is 1.65. The summed E-state index contributed by atoms with van der Waals surface area (Å²) in [5.74, 6) is -0.822. The van der Waals surface area contributed by atoms with Crippen LogP contribution in [0.25, 0.3) is 0 Å². The molecular formula is C16H40N8O2. The molecule has 26 heavy (non-hydrogen) atoms. The molecule has 0 aliphatic rings. The molecule has 0 saturated carbocycles. The summed E-state index contributed by atoms with van der Waals surface area (Å²) in [5.41, 5.74) is 5.39. The van der Waals surface area contributed by atoms with Gasteiger partial charge in [-0.3, -0.25) is 4.79 Å². The highest BCUT2D eigenvalue weighted by atomic mass is 16.4. The Hall–Kier alpha value is -0.850. The van der Waals surface area contributed by atoms with E-state index in [4.69, 9.17) is 10.8 Å². The van der Waals surface area contributed by atoms with E-state index in [-0.39, 0.29) is 6.54 Å². The van der Waals surface area contributed by atoms with Crippen LogP contribution in [0.5, 0.6) is 0 Å². The summed E-state index contributed by atoms with van der Waals surface area (Å²) in [4.78, 5) is 10.3. The monoisotopic (exact) mass is 376 g/mol. The SMILES string of the molecule is NCCNCCNCCNCCNCCNCCNCCNCC(=O)O. The zero-order valence-corrected chi connectivity index (χ0v) is 16.0. The number of carbonyl (C=O) groups is 1. The summed E-state index contributed by atoms with van der Waals surface area (Å²) >= 11 is 0. The summed E-state index contributed by atoms with van der Waals surface area (Å²) in [6.07, 6.45) is 0. The van der Waals surface area contributed by atoms with Gasteiger partial charge < -0.3 is 48.1 Å². The molecule has 0 aromatic heterocycles. The van der Waals surface area contributed by atoms with E-state index in [2.05, 4.69) is 37.2 Å². The summed E-state index contributed by atoms with van der Waals surface area (Å²) in [6, 6.07) is 0. The van der Waals surface area contributed by atoms with Crippen LogP contribution >= 0.6 is 0 Å². The Morgan fingerprint density at radius 2 is 0.808 bits per heavy atom. The van der Waals surface area contributed by atoms with Crippen LogP contribution in [0.3, 0.4) is 0 Å². The van der Waals surface area contributed by atoms with Crippen LogP contribution in [-0.4, -0.2) is 109 Å². The topological polar surface area (TPSA) is 148 Å². The second-order valence-corrected chi connectivity index (χ2v) is 5.86. The third-order valence-electron chi connectivity index (χ3n) is 3.47. The molecule has 0 atom stereocenters. The molecule has 0 spiro atoms. The van der Waals surface area contributed by atoms with Crippen molar-refractivity contribution >= 4 is 5.97 Å². The molecule has 0 unspecified atom stereocenters. The first-order chi connectivity index (χ1) is 12.8. The Morgan fingerprint density at radius 1 is 0.538 bits per heavy atom. The van der Waals surface area contributed by atoms with Gasteiger partial charge in [0.25, 0.3) is 0 Å². The van der Waals surface area contributed by atoms with Crippen molar-refractivity contribution in [3.8, 4) is 0 Å². The summed E-state index contributed by atoms with van der Waals surface area (Å²) in [6.45, 7) is 12.5. The standard InChI is InChI=1S/C16H40N8O2/c17-1-2-18-3-4-19-5-6-20-7-8-21-9-10-22-11-12-23-13-14-24-15-16(25)26/h18-24H,1-15,17H2,(H,25,26). The first-order valence-corrected chi connectivity index (χ1v) is 9.64. The fourth-order valence-corrected chi connectivity index (χ4v) is 2.11. The number of hydrogen-bond acceptors (Lipinski definition) is 9. The average Bonchev–Trinajstić information content (AvgIpc) is 2.62. The van der Waals surface area contributed by atoms with Gasteiger partial charge in [-0.25, -0.2) is 0 Å². The number of nitrogens with two attached hydrogens (primary N) is 1. The minimum Gasteiger partial charge on any atom is -0.480 e. The van der Waals surface area contributed by atoms with Crippen LogP contribution in [0.2, 0.25) is 0 Å². The molecule has 0 bridgehead atoms. The highest BCUT2D eigenvalue weighted by molar-refractivity contribution is 5.68. The lowest BCUT2D eigenvalue weighted by Crippen LogP contribution is -2.38. The molecule has 0 amide bonds. The van der Waals surface area contributed by atoms with Crippen LogP contribution in [0.15, 0.2) is 0 Å². The molecule has 0 aliphatic heterocycles. The number of hydrogen-bond donors (Lipinski definition) is 9. The molecule has 0 fully saturated rings. The molecule has 0 rings (SSSR count). The van der Waals surface area contributed by atoms with Crippen molar-refractivity contribution < 1.29 is 9.90 Å². The van der Waals surface area contributed by atoms with Crippen molar-refractivity contribution in [3.63, 3.8) is 0 Å². The van der Waals surface area contributed by atoms with Gasteiger partial charge >= 0.3 is 5.97 Å². The highest BCUT2D eigenvalue weighted by Gasteiger charge is 1.94. The van der Waals surface area contributed by atoms with E-state index in [0.717, 1.165) is 78.5 Å². The summed E-state index contributed by atoms with van der Waals surface area (Å²) in [5, 5.41) is 31.3. The van der Waals surface area contributed by atoms with Gasteiger partial charge in [0.2, 0.25) is 0 Å². The fourth-order valence-electron chi connectivity index (χ4n) is 2.11. The van der Waals surface area contributed by atoms with Crippen LogP contribution in [0, 0.1) is 0 Å². The van der Waals surface area contributed by atoms with E-state index in [1.54, 1.807) is 0 Å². The first-order valence-electron chi connectivity index (χ1n) is 9.64. The lowest BCUT2D eigenvalue weighted by atomic mass is 10.5. The zero-order chi connectivity index (χ0) is 19.1. The maximum Gasteiger partial charge on any atom is 0.317 e. The quantitative estimate of drug-likeness (QED) is 0.0860.